The van der Waals surface area contributed by atoms with Crippen molar-refractivity contribution in [3.05, 3.63) is 0 Å². The molecule has 6 heteroatoms. The molecular weight excluding hydrogens is 284 g/mol. The first kappa shape index (κ1) is 15.7. The van der Waals surface area contributed by atoms with Crippen LogP contribution < -0.4 is 5.32 Å². The van der Waals surface area contributed by atoms with Crippen LogP contribution in [0.3, 0.4) is 0 Å². The lowest BCUT2D eigenvalue weighted by molar-refractivity contribution is -0.188. The molecule has 0 atom stereocenters. The number of rotatable bonds is 2. The van der Waals surface area contributed by atoms with E-state index in [0.717, 1.165) is 0 Å². The first-order chi connectivity index (χ1) is 10.3. The van der Waals surface area contributed by atoms with Crippen LogP contribution in [0, 0.1) is 5.41 Å². The third-order valence-electron chi connectivity index (χ3n) is 4.71. The number of carbonyl (C=O) groups excluding carboxylic acids is 2. The lowest BCUT2D eigenvalue weighted by Gasteiger charge is -2.39. The average molecular weight is 310 g/mol. The molecule has 3 aliphatic rings. The second kappa shape index (κ2) is 5.20. The van der Waals surface area contributed by atoms with Gasteiger partial charge in [-0.1, -0.05) is 0 Å². The summed E-state index contributed by atoms with van der Waals surface area (Å²) in [6.07, 6.45) is 2.69. The van der Waals surface area contributed by atoms with E-state index in [1.165, 1.54) is 0 Å². The highest BCUT2D eigenvalue weighted by Crippen LogP contribution is 2.48. The quantitative estimate of drug-likeness (QED) is 0.774. The van der Waals surface area contributed by atoms with Crippen molar-refractivity contribution in [2.45, 2.75) is 57.8 Å². The smallest absolute Gasteiger partial charge is 0.238 e. The van der Waals surface area contributed by atoms with Crippen molar-refractivity contribution < 1.29 is 19.1 Å². The molecule has 0 radical (unpaired) electrons. The lowest BCUT2D eigenvalue weighted by atomic mass is 9.97. The van der Waals surface area contributed by atoms with Crippen molar-refractivity contribution in [2.75, 3.05) is 26.3 Å². The maximum Gasteiger partial charge on any atom is 0.238 e. The van der Waals surface area contributed by atoms with E-state index in [0.29, 0.717) is 52.0 Å². The first-order valence-electron chi connectivity index (χ1n) is 8.16. The summed E-state index contributed by atoms with van der Waals surface area (Å²) in [4.78, 5) is 27.1. The summed E-state index contributed by atoms with van der Waals surface area (Å²) in [6.45, 7) is 8.27. The van der Waals surface area contributed by atoms with Crippen molar-refractivity contribution in [2.24, 2.45) is 5.41 Å². The zero-order chi connectivity index (χ0) is 16.0. The Morgan fingerprint density at radius 1 is 1.00 bits per heavy atom. The summed E-state index contributed by atoms with van der Waals surface area (Å²) in [5.74, 6) is -0.637. The van der Waals surface area contributed by atoms with E-state index in [2.05, 4.69) is 5.32 Å². The van der Waals surface area contributed by atoms with E-state index < -0.39 is 11.2 Å². The molecule has 1 saturated carbocycles. The van der Waals surface area contributed by atoms with Gasteiger partial charge in [-0.05, 0) is 33.6 Å². The van der Waals surface area contributed by atoms with Crippen molar-refractivity contribution >= 4 is 11.8 Å². The highest BCUT2D eigenvalue weighted by atomic mass is 16.7. The minimum atomic E-state index is -0.824. The molecule has 3 rings (SSSR count). The van der Waals surface area contributed by atoms with Crippen LogP contribution in [0.2, 0.25) is 0 Å². The van der Waals surface area contributed by atoms with Gasteiger partial charge < -0.3 is 19.7 Å². The molecular formula is C16H26N2O4. The zero-order valence-electron chi connectivity index (χ0n) is 13.7. The standard InChI is InChI=1S/C16H26N2O4/c1-14(2,3)17-12(19)15(4-5-15)13(20)18-8-6-16(7-9-18)21-10-11-22-16/h4-11H2,1-3H3,(H,17,19). The molecule has 0 aromatic carbocycles. The van der Waals surface area contributed by atoms with E-state index in [4.69, 9.17) is 9.47 Å². The average Bonchev–Trinajstić information content (AvgIpc) is 3.14. The van der Waals surface area contributed by atoms with Crippen LogP contribution >= 0.6 is 0 Å². The molecule has 2 aliphatic heterocycles. The normalized spacial score (nSPS) is 26.0. The Hall–Kier alpha value is -1.14. The van der Waals surface area contributed by atoms with Crippen molar-refractivity contribution in [3.63, 3.8) is 0 Å². The minimum absolute atomic E-state index is 0.0258. The van der Waals surface area contributed by atoms with Crippen molar-refractivity contribution in [1.29, 1.82) is 0 Å². The van der Waals surface area contributed by atoms with E-state index in [1.54, 1.807) is 0 Å². The van der Waals surface area contributed by atoms with Gasteiger partial charge in [0.05, 0.1) is 13.2 Å². The Morgan fingerprint density at radius 2 is 1.55 bits per heavy atom. The molecule has 0 bridgehead atoms. The summed E-state index contributed by atoms with van der Waals surface area (Å²) >= 11 is 0. The van der Waals surface area contributed by atoms with Crippen LogP contribution in [-0.4, -0.2) is 54.3 Å². The molecule has 2 amide bonds. The number of likely N-dealkylation sites (tertiary alicyclic amines) is 1. The summed E-state index contributed by atoms with van der Waals surface area (Å²) < 4.78 is 11.4. The number of hydrogen-bond donors (Lipinski definition) is 1. The number of hydrogen-bond acceptors (Lipinski definition) is 4. The van der Waals surface area contributed by atoms with Gasteiger partial charge >= 0.3 is 0 Å². The van der Waals surface area contributed by atoms with Crippen LogP contribution in [-0.2, 0) is 19.1 Å². The highest BCUT2D eigenvalue weighted by molar-refractivity contribution is 6.08. The number of nitrogens with one attached hydrogen (secondary N) is 1. The van der Waals surface area contributed by atoms with Gasteiger partial charge in [0.2, 0.25) is 11.8 Å². The summed E-state index contributed by atoms with van der Waals surface area (Å²) in [7, 11) is 0. The second-order valence-electron chi connectivity index (χ2n) is 7.69. The Balaban J connectivity index is 1.61. The number of piperidine rings is 1. The largest absolute Gasteiger partial charge is 0.351 e. The summed E-state index contributed by atoms with van der Waals surface area (Å²) in [6, 6.07) is 0. The highest BCUT2D eigenvalue weighted by Gasteiger charge is 2.59. The van der Waals surface area contributed by atoms with Crippen LogP contribution in [0.1, 0.15) is 46.5 Å². The fourth-order valence-corrected chi connectivity index (χ4v) is 3.26. The van der Waals surface area contributed by atoms with Gasteiger partial charge in [0.25, 0.3) is 0 Å². The molecule has 22 heavy (non-hydrogen) atoms. The Morgan fingerprint density at radius 3 is 2.00 bits per heavy atom. The molecule has 6 nitrogen and oxygen atoms in total. The number of carbonyl (C=O) groups is 2. The topological polar surface area (TPSA) is 67.9 Å². The van der Waals surface area contributed by atoms with E-state index >= 15 is 0 Å². The fraction of sp³-hybridized carbons (Fsp3) is 0.875. The van der Waals surface area contributed by atoms with Gasteiger partial charge in [-0.15, -0.1) is 0 Å². The molecule has 2 heterocycles. The van der Waals surface area contributed by atoms with Gasteiger partial charge in [-0.2, -0.15) is 0 Å². The monoisotopic (exact) mass is 310 g/mol. The lowest BCUT2D eigenvalue weighted by Crippen LogP contribution is -2.54. The van der Waals surface area contributed by atoms with E-state index in [-0.39, 0.29) is 17.4 Å². The Kier molecular flexibility index (Phi) is 3.72. The van der Waals surface area contributed by atoms with Gasteiger partial charge in [-0.25, -0.2) is 0 Å². The second-order valence-corrected chi connectivity index (χ2v) is 7.69. The molecule has 3 fully saturated rings. The third kappa shape index (κ3) is 2.86. The van der Waals surface area contributed by atoms with Crippen molar-refractivity contribution in [1.82, 2.24) is 10.2 Å². The van der Waals surface area contributed by atoms with E-state index in [1.807, 2.05) is 25.7 Å². The number of nitrogens with zero attached hydrogens (tertiary/aromatic N) is 1. The Bertz CT molecular complexity index is 463. The van der Waals surface area contributed by atoms with Crippen molar-refractivity contribution in [3.8, 4) is 0 Å². The molecule has 1 spiro atoms. The molecule has 1 N–H and O–H groups in total. The van der Waals surface area contributed by atoms with Gasteiger partial charge in [-0.3, -0.25) is 9.59 Å². The number of ether oxygens (including phenoxy) is 2. The van der Waals surface area contributed by atoms with Crippen LogP contribution in [0.5, 0.6) is 0 Å². The first-order valence-corrected chi connectivity index (χ1v) is 8.16. The fourth-order valence-electron chi connectivity index (χ4n) is 3.26. The van der Waals surface area contributed by atoms with Crippen LogP contribution in [0.25, 0.3) is 0 Å². The molecule has 2 saturated heterocycles. The summed E-state index contributed by atoms with van der Waals surface area (Å²) in [5, 5.41) is 2.95. The minimum Gasteiger partial charge on any atom is -0.351 e. The predicted octanol–water partition coefficient (Wildman–Crippen LogP) is 1.05. The Labute approximate surface area is 131 Å². The van der Waals surface area contributed by atoms with Crippen LogP contribution in [0.4, 0.5) is 0 Å². The van der Waals surface area contributed by atoms with Gasteiger partial charge in [0.1, 0.15) is 5.41 Å². The molecule has 0 aromatic rings. The number of amides is 2. The maximum absolute atomic E-state index is 12.8. The SMILES string of the molecule is CC(C)(C)NC(=O)C1(C(=O)N2CCC3(CC2)OCCO3)CC1. The third-order valence-corrected chi connectivity index (χ3v) is 4.71. The molecule has 124 valence electrons. The van der Waals surface area contributed by atoms with Crippen LogP contribution in [0.15, 0.2) is 0 Å². The molecule has 1 aliphatic carbocycles. The molecule has 0 aromatic heterocycles. The van der Waals surface area contributed by atoms with E-state index in [9.17, 15) is 9.59 Å². The predicted molar refractivity (Wildman–Crippen MR) is 80.0 cm³/mol. The zero-order valence-corrected chi connectivity index (χ0v) is 13.7. The van der Waals surface area contributed by atoms with Gasteiger partial charge in [0, 0.05) is 31.5 Å². The van der Waals surface area contributed by atoms with Gasteiger partial charge in [0.15, 0.2) is 5.79 Å². The molecule has 0 unspecified atom stereocenters. The summed E-state index contributed by atoms with van der Waals surface area (Å²) in [5.41, 5.74) is -1.14. The maximum atomic E-state index is 12.8.